The minimum Gasteiger partial charge on any atom is -0.479 e. The molecule has 0 spiro atoms. The van der Waals surface area contributed by atoms with Crippen LogP contribution >= 0.6 is 0 Å². The number of H-pyrrole nitrogens is 1. The molecule has 0 aliphatic heterocycles. The number of nitrogens with zero attached hydrogens (tertiary/aromatic N) is 3. The van der Waals surface area contributed by atoms with E-state index in [0.717, 1.165) is 0 Å². The SMILES string of the molecule is Cc1nc(CN(C)C(=O)NC[C@H](O)C(=O)O)n[nH]1. The first-order chi connectivity index (χ1) is 8.40. The van der Waals surface area contributed by atoms with Gasteiger partial charge in [-0.2, -0.15) is 5.10 Å². The zero-order valence-corrected chi connectivity index (χ0v) is 10.0. The number of amides is 2. The molecule has 0 aliphatic rings. The Kier molecular flexibility index (Phi) is 4.60. The number of urea groups is 1. The molecule has 0 saturated carbocycles. The molecular weight excluding hydrogens is 242 g/mol. The lowest BCUT2D eigenvalue weighted by Gasteiger charge is -2.16. The average molecular weight is 257 g/mol. The highest BCUT2D eigenvalue weighted by atomic mass is 16.4. The van der Waals surface area contributed by atoms with Gasteiger partial charge in [-0.15, -0.1) is 0 Å². The van der Waals surface area contributed by atoms with Gasteiger partial charge in [-0.25, -0.2) is 14.6 Å². The predicted octanol–water partition coefficient (Wildman–Crippen LogP) is -1.30. The number of aromatic nitrogens is 3. The summed E-state index contributed by atoms with van der Waals surface area (Å²) in [6.45, 7) is 1.56. The fraction of sp³-hybridized carbons (Fsp3) is 0.556. The summed E-state index contributed by atoms with van der Waals surface area (Å²) in [5, 5.41) is 26.2. The van der Waals surface area contributed by atoms with Crippen LogP contribution in [-0.2, 0) is 11.3 Å². The molecule has 18 heavy (non-hydrogen) atoms. The fourth-order valence-corrected chi connectivity index (χ4v) is 1.15. The summed E-state index contributed by atoms with van der Waals surface area (Å²) in [4.78, 5) is 27.2. The van der Waals surface area contributed by atoms with Crippen molar-refractivity contribution in [2.45, 2.75) is 19.6 Å². The minimum atomic E-state index is -1.62. The molecule has 0 saturated heterocycles. The van der Waals surface area contributed by atoms with E-state index in [0.29, 0.717) is 11.6 Å². The van der Waals surface area contributed by atoms with Crippen molar-refractivity contribution in [3.8, 4) is 0 Å². The van der Waals surface area contributed by atoms with E-state index in [2.05, 4.69) is 20.5 Å². The van der Waals surface area contributed by atoms with E-state index in [1.54, 1.807) is 6.92 Å². The van der Waals surface area contributed by atoms with Crippen LogP contribution in [0.1, 0.15) is 11.6 Å². The number of hydrogen-bond acceptors (Lipinski definition) is 5. The Bertz CT molecular complexity index is 432. The smallest absolute Gasteiger partial charge is 0.334 e. The number of rotatable bonds is 5. The number of aliphatic hydroxyl groups excluding tert-OH is 1. The van der Waals surface area contributed by atoms with Crippen molar-refractivity contribution < 1.29 is 19.8 Å². The van der Waals surface area contributed by atoms with E-state index in [9.17, 15) is 9.59 Å². The molecule has 0 aromatic carbocycles. The number of aliphatic hydroxyl groups is 1. The van der Waals surface area contributed by atoms with E-state index in [-0.39, 0.29) is 13.1 Å². The summed E-state index contributed by atoms with van der Waals surface area (Å²) in [6.07, 6.45) is -1.62. The molecule has 9 nitrogen and oxygen atoms in total. The monoisotopic (exact) mass is 257 g/mol. The second-order valence-corrected chi connectivity index (χ2v) is 3.73. The average Bonchev–Trinajstić information content (AvgIpc) is 2.70. The number of nitrogens with one attached hydrogen (secondary N) is 2. The summed E-state index contributed by atoms with van der Waals surface area (Å²) in [5.74, 6) is -0.299. The lowest BCUT2D eigenvalue weighted by Crippen LogP contribution is -2.42. The predicted molar refractivity (Wildman–Crippen MR) is 59.6 cm³/mol. The maximum Gasteiger partial charge on any atom is 0.334 e. The third-order valence-electron chi connectivity index (χ3n) is 2.10. The molecule has 0 bridgehead atoms. The Hall–Kier alpha value is -2.16. The van der Waals surface area contributed by atoms with E-state index >= 15 is 0 Å². The Morgan fingerprint density at radius 1 is 1.56 bits per heavy atom. The van der Waals surface area contributed by atoms with E-state index in [1.807, 2.05) is 0 Å². The normalized spacial score (nSPS) is 11.9. The summed E-state index contributed by atoms with van der Waals surface area (Å²) >= 11 is 0. The van der Waals surface area contributed by atoms with Gasteiger partial charge in [0, 0.05) is 7.05 Å². The molecule has 0 radical (unpaired) electrons. The number of aryl methyl sites for hydroxylation is 1. The van der Waals surface area contributed by atoms with Crippen LogP contribution in [0.3, 0.4) is 0 Å². The first-order valence-electron chi connectivity index (χ1n) is 5.18. The number of aliphatic carboxylic acids is 1. The van der Waals surface area contributed by atoms with Gasteiger partial charge in [-0.3, -0.25) is 5.10 Å². The van der Waals surface area contributed by atoms with Crippen molar-refractivity contribution in [2.24, 2.45) is 0 Å². The van der Waals surface area contributed by atoms with E-state index in [1.165, 1.54) is 11.9 Å². The van der Waals surface area contributed by atoms with Gasteiger partial charge in [-0.1, -0.05) is 0 Å². The Morgan fingerprint density at radius 2 is 2.22 bits per heavy atom. The van der Waals surface area contributed by atoms with Crippen LogP contribution < -0.4 is 5.32 Å². The molecule has 0 aliphatic carbocycles. The van der Waals surface area contributed by atoms with Crippen LogP contribution in [0, 0.1) is 6.92 Å². The second kappa shape index (κ2) is 5.96. The maximum atomic E-state index is 11.5. The summed E-state index contributed by atoms with van der Waals surface area (Å²) < 4.78 is 0. The molecular formula is C9H15N5O4. The molecule has 1 atom stereocenters. The van der Waals surface area contributed by atoms with Gasteiger partial charge in [0.1, 0.15) is 5.82 Å². The topological polar surface area (TPSA) is 131 Å². The molecule has 0 fully saturated rings. The van der Waals surface area contributed by atoms with Crippen molar-refractivity contribution in [2.75, 3.05) is 13.6 Å². The maximum absolute atomic E-state index is 11.5. The number of carbonyl (C=O) groups is 2. The lowest BCUT2D eigenvalue weighted by atomic mass is 10.3. The molecule has 1 aromatic heterocycles. The zero-order chi connectivity index (χ0) is 13.7. The summed E-state index contributed by atoms with van der Waals surface area (Å²) in [6, 6.07) is -0.516. The largest absolute Gasteiger partial charge is 0.479 e. The quantitative estimate of drug-likeness (QED) is 0.518. The standard InChI is InChI=1S/C9H15N5O4/c1-5-11-7(13-12-5)4-14(2)9(18)10-3-6(15)8(16)17/h6,15H,3-4H2,1-2H3,(H,10,18)(H,16,17)(H,11,12,13)/t6-/m0/s1. The van der Waals surface area contributed by atoms with Crippen LogP contribution in [0.5, 0.6) is 0 Å². The lowest BCUT2D eigenvalue weighted by molar-refractivity contribution is -0.146. The van der Waals surface area contributed by atoms with E-state index < -0.39 is 18.1 Å². The fourth-order valence-electron chi connectivity index (χ4n) is 1.15. The number of carboxylic acid groups (broad SMARTS) is 1. The Balaban J connectivity index is 2.39. The summed E-state index contributed by atoms with van der Waals surface area (Å²) in [7, 11) is 1.51. The number of carbonyl (C=O) groups excluding carboxylic acids is 1. The third kappa shape index (κ3) is 4.01. The first-order valence-corrected chi connectivity index (χ1v) is 5.18. The van der Waals surface area contributed by atoms with Crippen LogP contribution in [0.15, 0.2) is 0 Å². The van der Waals surface area contributed by atoms with Gasteiger partial charge < -0.3 is 20.4 Å². The van der Waals surface area contributed by atoms with Gasteiger partial charge >= 0.3 is 12.0 Å². The molecule has 1 aromatic rings. The first kappa shape index (κ1) is 13.9. The molecule has 100 valence electrons. The van der Waals surface area contributed by atoms with Gasteiger partial charge in [-0.05, 0) is 6.92 Å². The third-order valence-corrected chi connectivity index (χ3v) is 2.10. The molecule has 9 heteroatoms. The van der Waals surface area contributed by atoms with Crippen LogP contribution in [0.25, 0.3) is 0 Å². The van der Waals surface area contributed by atoms with Crippen molar-refractivity contribution in [1.82, 2.24) is 25.4 Å². The molecule has 2 amide bonds. The van der Waals surface area contributed by atoms with Crippen LogP contribution in [0.4, 0.5) is 4.79 Å². The molecule has 1 heterocycles. The van der Waals surface area contributed by atoms with Crippen LogP contribution in [0.2, 0.25) is 0 Å². The van der Waals surface area contributed by atoms with Gasteiger partial charge in [0.25, 0.3) is 0 Å². The van der Waals surface area contributed by atoms with Crippen molar-refractivity contribution in [3.63, 3.8) is 0 Å². The highest BCUT2D eigenvalue weighted by Gasteiger charge is 2.16. The highest BCUT2D eigenvalue weighted by molar-refractivity contribution is 5.76. The van der Waals surface area contributed by atoms with Gasteiger partial charge in [0.15, 0.2) is 11.9 Å². The second-order valence-electron chi connectivity index (χ2n) is 3.73. The Morgan fingerprint density at radius 3 is 2.72 bits per heavy atom. The van der Waals surface area contributed by atoms with E-state index in [4.69, 9.17) is 10.2 Å². The van der Waals surface area contributed by atoms with Gasteiger partial charge in [0.05, 0.1) is 13.1 Å². The number of carboxylic acids is 1. The number of aromatic amines is 1. The van der Waals surface area contributed by atoms with Crippen molar-refractivity contribution >= 4 is 12.0 Å². The van der Waals surface area contributed by atoms with Crippen molar-refractivity contribution in [3.05, 3.63) is 11.6 Å². The minimum absolute atomic E-state index is 0.180. The van der Waals surface area contributed by atoms with Gasteiger partial charge in [0.2, 0.25) is 0 Å². The molecule has 1 rings (SSSR count). The molecule has 4 N–H and O–H groups in total. The number of hydrogen-bond donors (Lipinski definition) is 4. The summed E-state index contributed by atoms with van der Waals surface area (Å²) in [5.41, 5.74) is 0. The zero-order valence-electron chi connectivity index (χ0n) is 10.0. The highest BCUT2D eigenvalue weighted by Crippen LogP contribution is 1.97. The van der Waals surface area contributed by atoms with Crippen LogP contribution in [-0.4, -0.2) is 62.0 Å². The molecule has 0 unspecified atom stereocenters. The Labute approximate surface area is 103 Å². The van der Waals surface area contributed by atoms with Crippen molar-refractivity contribution in [1.29, 1.82) is 0 Å².